The van der Waals surface area contributed by atoms with Gasteiger partial charge in [0.1, 0.15) is 24.2 Å². The zero-order valence-corrected chi connectivity index (χ0v) is 16.3. The fourth-order valence-corrected chi connectivity index (χ4v) is 3.14. The predicted molar refractivity (Wildman–Crippen MR) is 110 cm³/mol. The fourth-order valence-electron chi connectivity index (χ4n) is 3.14. The lowest BCUT2D eigenvalue weighted by Crippen LogP contribution is -2.24. The first kappa shape index (κ1) is 18.7. The first-order valence-electron chi connectivity index (χ1n) is 9.52. The molecule has 0 aliphatic carbocycles. The number of hydrogen-bond acceptors (Lipinski definition) is 6. The molecule has 4 aromatic rings. The van der Waals surface area contributed by atoms with Crippen LogP contribution in [-0.4, -0.2) is 39.9 Å². The van der Waals surface area contributed by atoms with Gasteiger partial charge in [0.15, 0.2) is 0 Å². The van der Waals surface area contributed by atoms with E-state index in [0.29, 0.717) is 12.5 Å². The Labute approximate surface area is 169 Å². The lowest BCUT2D eigenvalue weighted by molar-refractivity contribution is 0.325. The van der Waals surface area contributed by atoms with Crippen LogP contribution in [-0.2, 0) is 6.42 Å². The second-order valence-corrected chi connectivity index (χ2v) is 6.73. The third-order valence-corrected chi connectivity index (χ3v) is 4.74. The maximum Gasteiger partial charge on any atom is 0.239 e. The summed E-state index contributed by atoms with van der Waals surface area (Å²) in [6.45, 7) is 1.34. The molecule has 4 rings (SSSR count). The van der Waals surface area contributed by atoms with Gasteiger partial charge < -0.3 is 18.6 Å². The van der Waals surface area contributed by atoms with Crippen molar-refractivity contribution >= 4 is 5.82 Å². The smallest absolute Gasteiger partial charge is 0.239 e. The van der Waals surface area contributed by atoms with Crippen LogP contribution >= 0.6 is 0 Å². The number of benzene rings is 1. The molecule has 0 radical (unpaired) electrons. The van der Waals surface area contributed by atoms with Crippen LogP contribution in [0.2, 0.25) is 0 Å². The maximum absolute atomic E-state index is 5.89. The van der Waals surface area contributed by atoms with Gasteiger partial charge >= 0.3 is 0 Å². The van der Waals surface area contributed by atoms with Gasteiger partial charge in [-0.15, -0.1) is 10.2 Å². The molecule has 3 aromatic heterocycles. The number of likely N-dealkylation sites (N-methyl/N-ethyl adjacent to an activating group) is 1. The van der Waals surface area contributed by atoms with Gasteiger partial charge in [-0.3, -0.25) is 0 Å². The molecule has 7 nitrogen and oxygen atoms in total. The number of nitrogens with zero attached hydrogens (tertiary/aromatic N) is 5. The lowest BCUT2D eigenvalue weighted by Gasteiger charge is -2.18. The Kier molecular flexibility index (Phi) is 5.85. The number of aromatic nitrogens is 4. The van der Waals surface area contributed by atoms with Crippen molar-refractivity contribution in [1.29, 1.82) is 0 Å². The van der Waals surface area contributed by atoms with Crippen LogP contribution in [0.5, 0.6) is 5.75 Å². The third-order valence-electron chi connectivity index (χ3n) is 4.74. The normalized spacial score (nSPS) is 11.9. The summed E-state index contributed by atoms with van der Waals surface area (Å²) in [6.07, 6.45) is 7.92. The van der Waals surface area contributed by atoms with Crippen LogP contribution in [0.15, 0.2) is 84.0 Å². The zero-order chi connectivity index (χ0) is 19.9. The summed E-state index contributed by atoms with van der Waals surface area (Å²) in [6, 6.07) is 18.0. The Morgan fingerprint density at radius 1 is 1.07 bits per heavy atom. The largest absolute Gasteiger partial charge is 0.492 e. The number of pyridine rings is 1. The molecule has 1 atom stereocenters. The van der Waals surface area contributed by atoms with Crippen molar-refractivity contribution in [2.45, 2.75) is 12.5 Å². The summed E-state index contributed by atoms with van der Waals surface area (Å²) >= 11 is 0. The number of hydrogen-bond donors (Lipinski definition) is 0. The van der Waals surface area contributed by atoms with E-state index in [2.05, 4.69) is 36.8 Å². The van der Waals surface area contributed by atoms with Crippen molar-refractivity contribution in [3.63, 3.8) is 0 Å². The molecule has 3 heterocycles. The van der Waals surface area contributed by atoms with Crippen LogP contribution < -0.4 is 9.64 Å². The summed E-state index contributed by atoms with van der Waals surface area (Å²) in [5.41, 5.74) is 1.17. The average molecular weight is 389 g/mol. The highest BCUT2D eigenvalue weighted by molar-refractivity contribution is 5.36. The van der Waals surface area contributed by atoms with Crippen LogP contribution in [0.1, 0.15) is 17.5 Å². The molecule has 0 fully saturated rings. The Bertz CT molecular complexity index is 936. The van der Waals surface area contributed by atoms with Gasteiger partial charge in [-0.2, -0.15) is 0 Å². The SMILES string of the molecule is CN(CCOc1ccc(CC(c2nnco2)n2cccc2)cc1)c1ccccn1. The Morgan fingerprint density at radius 2 is 1.90 bits per heavy atom. The van der Waals surface area contributed by atoms with E-state index in [0.717, 1.165) is 24.5 Å². The molecule has 0 saturated heterocycles. The first-order chi connectivity index (χ1) is 14.3. The summed E-state index contributed by atoms with van der Waals surface area (Å²) < 4.78 is 13.4. The molecule has 0 saturated carbocycles. The van der Waals surface area contributed by atoms with Crippen molar-refractivity contribution < 1.29 is 9.15 Å². The molecule has 1 aromatic carbocycles. The van der Waals surface area contributed by atoms with Gasteiger partial charge in [-0.1, -0.05) is 18.2 Å². The van der Waals surface area contributed by atoms with Crippen LogP contribution in [0.25, 0.3) is 0 Å². The topological polar surface area (TPSA) is 69.2 Å². The van der Waals surface area contributed by atoms with Crippen molar-refractivity contribution in [2.75, 3.05) is 25.1 Å². The van der Waals surface area contributed by atoms with E-state index < -0.39 is 0 Å². The number of rotatable bonds is 9. The first-order valence-corrected chi connectivity index (χ1v) is 9.52. The highest BCUT2D eigenvalue weighted by Crippen LogP contribution is 2.23. The van der Waals surface area contributed by atoms with Crippen LogP contribution in [0, 0.1) is 0 Å². The monoisotopic (exact) mass is 389 g/mol. The van der Waals surface area contributed by atoms with Gasteiger partial charge in [0.25, 0.3) is 0 Å². The van der Waals surface area contributed by atoms with E-state index in [-0.39, 0.29) is 6.04 Å². The van der Waals surface area contributed by atoms with Gasteiger partial charge in [-0.05, 0) is 42.0 Å². The molecule has 0 aliphatic rings. The predicted octanol–water partition coefficient (Wildman–Crippen LogP) is 3.61. The van der Waals surface area contributed by atoms with E-state index in [4.69, 9.17) is 9.15 Å². The molecular weight excluding hydrogens is 366 g/mol. The van der Waals surface area contributed by atoms with E-state index in [1.54, 1.807) is 6.20 Å². The van der Waals surface area contributed by atoms with Crippen molar-refractivity contribution in [3.05, 3.63) is 91.0 Å². The molecule has 0 aliphatic heterocycles. The van der Waals surface area contributed by atoms with Crippen molar-refractivity contribution in [1.82, 2.24) is 19.7 Å². The van der Waals surface area contributed by atoms with Crippen molar-refractivity contribution in [2.24, 2.45) is 0 Å². The standard InChI is InChI=1S/C22H23N5O2/c1-26(21-6-2-3-11-23-21)14-15-28-19-9-7-18(8-10-19)16-20(22-25-24-17-29-22)27-12-4-5-13-27/h2-13,17,20H,14-16H2,1H3. The molecule has 1 unspecified atom stereocenters. The van der Waals surface area contributed by atoms with Gasteiger partial charge in [0.05, 0.1) is 6.54 Å². The quantitative estimate of drug-likeness (QED) is 0.436. The minimum absolute atomic E-state index is 0.0358. The Balaban J connectivity index is 1.34. The van der Waals surface area contributed by atoms with Crippen LogP contribution in [0.4, 0.5) is 5.82 Å². The van der Waals surface area contributed by atoms with E-state index in [9.17, 15) is 0 Å². The minimum Gasteiger partial charge on any atom is -0.492 e. The molecule has 0 bridgehead atoms. The summed E-state index contributed by atoms with van der Waals surface area (Å²) in [5, 5.41) is 7.92. The van der Waals surface area contributed by atoms with Crippen LogP contribution in [0.3, 0.4) is 0 Å². The fraction of sp³-hybridized carbons (Fsp3) is 0.227. The zero-order valence-electron chi connectivity index (χ0n) is 16.3. The van der Waals surface area contributed by atoms with E-state index >= 15 is 0 Å². The Hall–Kier alpha value is -3.61. The average Bonchev–Trinajstić information content (AvgIpc) is 3.48. The molecule has 0 spiro atoms. The third kappa shape index (κ3) is 4.82. The second kappa shape index (κ2) is 9.05. The maximum atomic E-state index is 5.89. The van der Waals surface area contributed by atoms with E-state index in [1.165, 1.54) is 12.0 Å². The molecule has 0 amide bonds. The lowest BCUT2D eigenvalue weighted by atomic mass is 10.1. The van der Waals surface area contributed by atoms with Gasteiger partial charge in [-0.25, -0.2) is 4.98 Å². The van der Waals surface area contributed by atoms with Gasteiger partial charge in [0, 0.05) is 32.1 Å². The molecule has 29 heavy (non-hydrogen) atoms. The molecule has 7 heteroatoms. The second-order valence-electron chi connectivity index (χ2n) is 6.73. The highest BCUT2D eigenvalue weighted by atomic mass is 16.5. The Morgan fingerprint density at radius 3 is 2.59 bits per heavy atom. The molecule has 148 valence electrons. The molecular formula is C22H23N5O2. The molecule has 0 N–H and O–H groups in total. The summed E-state index contributed by atoms with van der Waals surface area (Å²) in [7, 11) is 2.01. The summed E-state index contributed by atoms with van der Waals surface area (Å²) in [4.78, 5) is 6.41. The number of ether oxygens (including phenoxy) is 1. The summed E-state index contributed by atoms with van der Waals surface area (Å²) in [5.74, 6) is 2.38. The van der Waals surface area contributed by atoms with Gasteiger partial charge in [0.2, 0.25) is 12.3 Å². The number of anilines is 1. The highest BCUT2D eigenvalue weighted by Gasteiger charge is 2.18. The van der Waals surface area contributed by atoms with E-state index in [1.807, 2.05) is 61.9 Å². The van der Waals surface area contributed by atoms with Crippen molar-refractivity contribution in [3.8, 4) is 5.75 Å². The minimum atomic E-state index is -0.0358.